The van der Waals surface area contributed by atoms with Crippen LogP contribution in [0.3, 0.4) is 0 Å². The molecule has 1 heterocycles. The van der Waals surface area contributed by atoms with Gasteiger partial charge in [-0.25, -0.2) is 0 Å². The van der Waals surface area contributed by atoms with Gasteiger partial charge >= 0.3 is 6.18 Å². The Hall–Kier alpha value is -1.07. The third-order valence-corrected chi connectivity index (χ3v) is 3.29. The maximum atomic E-state index is 12.4. The van der Waals surface area contributed by atoms with E-state index in [-0.39, 0.29) is 6.04 Å². The van der Waals surface area contributed by atoms with Gasteiger partial charge < -0.3 is 10.4 Å². The highest BCUT2D eigenvalue weighted by Crippen LogP contribution is 2.29. The maximum Gasteiger partial charge on any atom is 0.416 e. The van der Waals surface area contributed by atoms with Crippen molar-refractivity contribution in [2.24, 2.45) is 0 Å². The molecule has 18 heavy (non-hydrogen) atoms. The highest BCUT2D eigenvalue weighted by Gasteiger charge is 2.30. The smallest absolute Gasteiger partial charge is 0.391 e. The van der Waals surface area contributed by atoms with Gasteiger partial charge in [-0.2, -0.15) is 13.2 Å². The van der Waals surface area contributed by atoms with Gasteiger partial charge in [-0.3, -0.25) is 0 Å². The molecule has 2 unspecified atom stereocenters. The lowest BCUT2D eigenvalue weighted by Gasteiger charge is -2.18. The summed E-state index contributed by atoms with van der Waals surface area (Å²) >= 11 is 0. The van der Waals surface area contributed by atoms with Crippen LogP contribution in [0.15, 0.2) is 24.3 Å². The van der Waals surface area contributed by atoms with Crippen LogP contribution in [0.25, 0.3) is 0 Å². The van der Waals surface area contributed by atoms with Crippen LogP contribution in [0.5, 0.6) is 0 Å². The second kappa shape index (κ2) is 5.28. The number of hydrogen-bond donors (Lipinski definition) is 2. The molecule has 0 bridgehead atoms. The Bertz CT molecular complexity index is 382. The molecular weight excluding hydrogens is 243 g/mol. The van der Waals surface area contributed by atoms with E-state index in [9.17, 15) is 18.3 Å². The fourth-order valence-corrected chi connectivity index (χ4v) is 2.25. The van der Waals surface area contributed by atoms with Crippen molar-refractivity contribution in [1.29, 1.82) is 0 Å². The molecule has 0 aromatic heterocycles. The first-order valence-corrected chi connectivity index (χ1v) is 6.04. The number of aliphatic hydroxyl groups is 1. The molecule has 1 aromatic rings. The van der Waals surface area contributed by atoms with E-state index in [2.05, 4.69) is 5.32 Å². The van der Waals surface area contributed by atoms with Crippen LogP contribution >= 0.6 is 0 Å². The molecule has 1 aliphatic heterocycles. The van der Waals surface area contributed by atoms with Gasteiger partial charge in [-0.15, -0.1) is 0 Å². The Kier molecular flexibility index (Phi) is 3.92. The van der Waals surface area contributed by atoms with Gasteiger partial charge in [0.15, 0.2) is 0 Å². The molecule has 2 atom stereocenters. The molecule has 5 heteroatoms. The Balaban J connectivity index is 1.97. The number of hydrogen-bond acceptors (Lipinski definition) is 2. The minimum absolute atomic E-state index is 0.0623. The zero-order chi connectivity index (χ0) is 13.2. The summed E-state index contributed by atoms with van der Waals surface area (Å²) in [5.74, 6) is 0. The lowest BCUT2D eigenvalue weighted by Crippen LogP contribution is -2.36. The molecule has 0 aliphatic carbocycles. The molecule has 1 aliphatic rings. The molecule has 0 radical (unpaired) electrons. The molecule has 0 saturated carbocycles. The lowest BCUT2D eigenvalue weighted by molar-refractivity contribution is -0.137. The van der Waals surface area contributed by atoms with Crippen LogP contribution in [0, 0.1) is 0 Å². The van der Waals surface area contributed by atoms with Crippen molar-refractivity contribution in [3.8, 4) is 0 Å². The number of rotatable bonds is 3. The number of nitrogens with one attached hydrogen (secondary N) is 1. The summed E-state index contributed by atoms with van der Waals surface area (Å²) < 4.78 is 37.1. The fraction of sp³-hybridized carbons (Fsp3) is 0.538. The zero-order valence-corrected chi connectivity index (χ0v) is 9.87. The van der Waals surface area contributed by atoms with Gasteiger partial charge in [0.05, 0.1) is 11.7 Å². The Labute approximate surface area is 104 Å². The van der Waals surface area contributed by atoms with Crippen molar-refractivity contribution >= 4 is 0 Å². The van der Waals surface area contributed by atoms with E-state index < -0.39 is 17.8 Å². The third kappa shape index (κ3) is 3.23. The fourth-order valence-electron chi connectivity index (χ4n) is 2.25. The summed E-state index contributed by atoms with van der Waals surface area (Å²) in [5, 5.41) is 13.1. The largest absolute Gasteiger partial charge is 0.416 e. The second-order valence-electron chi connectivity index (χ2n) is 4.67. The van der Waals surface area contributed by atoms with Crippen LogP contribution in [0.4, 0.5) is 13.2 Å². The SMILES string of the molecule is OC(Cc1ccc(C(F)(F)F)cc1)C1CCCN1. The molecule has 0 spiro atoms. The Morgan fingerprint density at radius 3 is 2.44 bits per heavy atom. The summed E-state index contributed by atoms with van der Waals surface area (Å²) in [6, 6.07) is 5.04. The summed E-state index contributed by atoms with van der Waals surface area (Å²) in [6.45, 7) is 0.898. The van der Waals surface area contributed by atoms with Gasteiger partial charge in [-0.1, -0.05) is 12.1 Å². The minimum Gasteiger partial charge on any atom is -0.391 e. The van der Waals surface area contributed by atoms with E-state index >= 15 is 0 Å². The summed E-state index contributed by atoms with van der Waals surface area (Å²) in [4.78, 5) is 0. The molecule has 0 amide bonds. The van der Waals surface area contributed by atoms with E-state index in [0.717, 1.165) is 37.1 Å². The van der Waals surface area contributed by atoms with Gasteiger partial charge in [0, 0.05) is 6.04 Å². The van der Waals surface area contributed by atoms with Crippen LogP contribution in [-0.4, -0.2) is 23.8 Å². The van der Waals surface area contributed by atoms with Crippen LogP contribution in [0.2, 0.25) is 0 Å². The first kappa shape index (κ1) is 13.4. The lowest BCUT2D eigenvalue weighted by atomic mass is 10.00. The molecule has 2 rings (SSSR count). The normalized spacial score (nSPS) is 22.1. The van der Waals surface area contributed by atoms with E-state index in [1.165, 1.54) is 12.1 Å². The van der Waals surface area contributed by atoms with Crippen molar-refractivity contribution in [3.63, 3.8) is 0 Å². The topological polar surface area (TPSA) is 32.3 Å². The van der Waals surface area contributed by atoms with Crippen LogP contribution in [0.1, 0.15) is 24.0 Å². The number of alkyl halides is 3. The summed E-state index contributed by atoms with van der Waals surface area (Å²) in [6.07, 6.45) is -2.50. The number of aliphatic hydroxyl groups excluding tert-OH is 1. The molecule has 1 fully saturated rings. The maximum absolute atomic E-state index is 12.4. The highest BCUT2D eigenvalue weighted by molar-refractivity contribution is 5.25. The van der Waals surface area contributed by atoms with E-state index in [4.69, 9.17) is 0 Å². The Morgan fingerprint density at radius 2 is 1.94 bits per heavy atom. The van der Waals surface area contributed by atoms with E-state index in [1.807, 2.05) is 0 Å². The molecule has 100 valence electrons. The van der Waals surface area contributed by atoms with Gasteiger partial charge in [0.25, 0.3) is 0 Å². The van der Waals surface area contributed by atoms with Crippen LogP contribution in [-0.2, 0) is 12.6 Å². The second-order valence-corrected chi connectivity index (χ2v) is 4.67. The monoisotopic (exact) mass is 259 g/mol. The molecular formula is C13H16F3NO. The molecule has 2 nitrogen and oxygen atoms in total. The molecule has 1 saturated heterocycles. The van der Waals surface area contributed by atoms with E-state index in [0.29, 0.717) is 6.42 Å². The quantitative estimate of drug-likeness (QED) is 0.873. The average Bonchev–Trinajstić information content (AvgIpc) is 2.82. The van der Waals surface area contributed by atoms with Crippen molar-refractivity contribution in [2.45, 2.75) is 37.6 Å². The predicted molar refractivity (Wildman–Crippen MR) is 62.2 cm³/mol. The minimum atomic E-state index is -4.30. The first-order valence-electron chi connectivity index (χ1n) is 6.04. The number of benzene rings is 1. The molecule has 2 N–H and O–H groups in total. The van der Waals surface area contributed by atoms with Gasteiger partial charge in [-0.05, 0) is 43.5 Å². The summed E-state index contributed by atoms with van der Waals surface area (Å²) in [7, 11) is 0. The third-order valence-electron chi connectivity index (χ3n) is 3.29. The van der Waals surface area contributed by atoms with Crippen LogP contribution < -0.4 is 5.32 Å². The first-order chi connectivity index (χ1) is 8.47. The van der Waals surface area contributed by atoms with E-state index in [1.54, 1.807) is 0 Å². The Morgan fingerprint density at radius 1 is 1.28 bits per heavy atom. The molecule has 1 aromatic carbocycles. The highest BCUT2D eigenvalue weighted by atomic mass is 19.4. The summed E-state index contributed by atoms with van der Waals surface area (Å²) in [5.41, 5.74) is 0.0731. The van der Waals surface area contributed by atoms with Gasteiger partial charge in [0.1, 0.15) is 0 Å². The van der Waals surface area contributed by atoms with Crippen molar-refractivity contribution in [1.82, 2.24) is 5.32 Å². The van der Waals surface area contributed by atoms with Gasteiger partial charge in [0.2, 0.25) is 0 Å². The average molecular weight is 259 g/mol. The van der Waals surface area contributed by atoms with Crippen molar-refractivity contribution < 1.29 is 18.3 Å². The predicted octanol–water partition coefficient (Wildman–Crippen LogP) is 2.36. The van der Waals surface area contributed by atoms with Crippen molar-refractivity contribution in [3.05, 3.63) is 35.4 Å². The standard InChI is InChI=1S/C13H16F3NO/c14-13(15,16)10-5-3-9(4-6-10)8-12(18)11-2-1-7-17-11/h3-6,11-12,17-18H,1-2,7-8H2. The zero-order valence-electron chi connectivity index (χ0n) is 9.87. The number of halogens is 3. The van der Waals surface area contributed by atoms with Crippen molar-refractivity contribution in [2.75, 3.05) is 6.54 Å².